The minimum atomic E-state index is -0.331. The second-order valence-corrected chi connectivity index (χ2v) is 8.50. The number of ether oxygens (including phenoxy) is 1. The molecule has 26 heavy (non-hydrogen) atoms. The fraction of sp³-hybridized carbons (Fsp3) is 0.211. The second-order valence-electron chi connectivity index (χ2n) is 5.87. The first-order valence-corrected chi connectivity index (χ1v) is 10.2. The highest BCUT2D eigenvalue weighted by molar-refractivity contribution is 7.99. The van der Waals surface area contributed by atoms with Gasteiger partial charge in [0.2, 0.25) is 0 Å². The molecule has 0 N–H and O–H groups in total. The molecule has 0 bridgehead atoms. The molecule has 0 radical (unpaired) electrons. The van der Waals surface area contributed by atoms with Crippen molar-refractivity contribution in [3.8, 4) is 0 Å². The fourth-order valence-corrected chi connectivity index (χ4v) is 5.46. The Morgan fingerprint density at radius 1 is 1.35 bits per heavy atom. The molecule has 1 aliphatic rings. The van der Waals surface area contributed by atoms with Gasteiger partial charge in [-0.3, -0.25) is 4.79 Å². The molecule has 1 aromatic heterocycles. The van der Waals surface area contributed by atoms with Crippen LogP contribution in [0.25, 0.3) is 10.1 Å². The van der Waals surface area contributed by atoms with Crippen molar-refractivity contribution in [1.29, 1.82) is 0 Å². The maximum atomic E-state index is 14.4. The van der Waals surface area contributed by atoms with Crippen LogP contribution in [0, 0.1) is 5.82 Å². The minimum Gasteiger partial charge on any atom is -0.380 e. The van der Waals surface area contributed by atoms with Crippen LogP contribution < -0.4 is 4.90 Å². The maximum absolute atomic E-state index is 14.4. The van der Waals surface area contributed by atoms with E-state index < -0.39 is 0 Å². The van der Waals surface area contributed by atoms with E-state index in [0.717, 1.165) is 21.0 Å². The average molecular weight is 408 g/mol. The SMILES string of the molecule is COCc1c(C(=O)N2CCSc3ccc(Cl)cc32)sc2cccc(F)c12. The molecule has 3 nitrogen and oxygen atoms in total. The van der Waals surface area contributed by atoms with Gasteiger partial charge >= 0.3 is 0 Å². The van der Waals surface area contributed by atoms with Crippen molar-refractivity contribution in [2.75, 3.05) is 24.3 Å². The van der Waals surface area contributed by atoms with Crippen LogP contribution >= 0.6 is 34.7 Å². The Hall–Kier alpha value is -1.60. The molecule has 0 saturated carbocycles. The quantitative estimate of drug-likeness (QED) is 0.566. The van der Waals surface area contributed by atoms with Crippen LogP contribution in [-0.2, 0) is 11.3 Å². The number of carbonyl (C=O) groups excluding carboxylic acids is 1. The summed E-state index contributed by atoms with van der Waals surface area (Å²) in [7, 11) is 1.55. The number of thioether (sulfide) groups is 1. The van der Waals surface area contributed by atoms with Crippen LogP contribution in [0.4, 0.5) is 10.1 Å². The monoisotopic (exact) mass is 407 g/mol. The van der Waals surface area contributed by atoms with Gasteiger partial charge in [0.25, 0.3) is 5.91 Å². The molecule has 2 aromatic carbocycles. The number of methoxy groups -OCH3 is 1. The zero-order chi connectivity index (χ0) is 18.3. The molecule has 1 amide bonds. The molecule has 0 saturated heterocycles. The van der Waals surface area contributed by atoms with Crippen LogP contribution in [0.5, 0.6) is 0 Å². The van der Waals surface area contributed by atoms with Crippen molar-refractivity contribution in [3.63, 3.8) is 0 Å². The van der Waals surface area contributed by atoms with E-state index in [1.807, 2.05) is 24.3 Å². The highest BCUT2D eigenvalue weighted by Gasteiger charge is 2.29. The standard InChI is InChI=1S/C19H15ClFNO2S2/c1-24-10-12-17-13(21)3-2-4-16(17)26-18(12)19(23)22-7-8-25-15-6-5-11(20)9-14(15)22/h2-6,9H,7-8,10H2,1H3. The Bertz CT molecular complexity index is 1000. The largest absolute Gasteiger partial charge is 0.380 e. The van der Waals surface area contributed by atoms with E-state index in [4.69, 9.17) is 16.3 Å². The third kappa shape index (κ3) is 3.01. The van der Waals surface area contributed by atoms with Crippen LogP contribution in [0.1, 0.15) is 15.2 Å². The highest BCUT2D eigenvalue weighted by atomic mass is 35.5. The van der Waals surface area contributed by atoms with Crippen molar-refractivity contribution >= 4 is 56.4 Å². The average Bonchev–Trinajstić information content (AvgIpc) is 3.01. The van der Waals surface area contributed by atoms with E-state index in [2.05, 4.69) is 0 Å². The topological polar surface area (TPSA) is 29.5 Å². The molecule has 3 aromatic rings. The first kappa shape index (κ1) is 17.8. The number of hydrogen-bond acceptors (Lipinski definition) is 4. The van der Waals surface area contributed by atoms with E-state index in [1.54, 1.807) is 29.8 Å². The van der Waals surface area contributed by atoms with Gasteiger partial charge in [-0.05, 0) is 30.3 Å². The second kappa shape index (κ2) is 7.19. The van der Waals surface area contributed by atoms with Crippen LogP contribution in [0.3, 0.4) is 0 Å². The van der Waals surface area contributed by atoms with Gasteiger partial charge in [0.1, 0.15) is 5.82 Å². The number of benzene rings is 2. The number of nitrogens with zero attached hydrogens (tertiary/aromatic N) is 1. The van der Waals surface area contributed by atoms with Crippen LogP contribution in [0.2, 0.25) is 5.02 Å². The summed E-state index contributed by atoms with van der Waals surface area (Å²) < 4.78 is 20.4. The third-order valence-corrected chi connectivity index (χ3v) is 6.74. The first-order valence-electron chi connectivity index (χ1n) is 8.03. The number of halogens is 2. The van der Waals surface area contributed by atoms with Gasteiger partial charge in [-0.15, -0.1) is 23.1 Å². The summed E-state index contributed by atoms with van der Waals surface area (Å²) in [5.74, 6) is 0.336. The minimum absolute atomic E-state index is 0.138. The lowest BCUT2D eigenvalue weighted by Crippen LogP contribution is -2.35. The molecule has 1 aliphatic heterocycles. The molecule has 0 unspecified atom stereocenters. The normalized spacial score (nSPS) is 13.9. The van der Waals surface area contributed by atoms with Crippen molar-refractivity contribution < 1.29 is 13.9 Å². The van der Waals surface area contributed by atoms with Gasteiger partial charge in [-0.2, -0.15) is 0 Å². The molecule has 0 spiro atoms. The van der Waals surface area contributed by atoms with E-state index in [9.17, 15) is 9.18 Å². The Morgan fingerprint density at radius 2 is 2.19 bits per heavy atom. The maximum Gasteiger partial charge on any atom is 0.268 e. The molecule has 4 rings (SSSR count). The van der Waals surface area contributed by atoms with Gasteiger partial charge in [-0.1, -0.05) is 17.7 Å². The van der Waals surface area contributed by atoms with Crippen molar-refractivity contribution in [2.24, 2.45) is 0 Å². The number of rotatable bonds is 3. The van der Waals surface area contributed by atoms with Gasteiger partial charge in [-0.25, -0.2) is 4.39 Å². The highest BCUT2D eigenvalue weighted by Crippen LogP contribution is 2.40. The van der Waals surface area contributed by atoms with Crippen LogP contribution in [0.15, 0.2) is 41.3 Å². The summed E-state index contributed by atoms with van der Waals surface area (Å²) in [5.41, 5.74) is 1.41. The number of carbonyl (C=O) groups is 1. The van der Waals surface area contributed by atoms with Crippen molar-refractivity contribution in [1.82, 2.24) is 0 Å². The molecule has 0 aliphatic carbocycles. The summed E-state index contributed by atoms with van der Waals surface area (Å²) >= 11 is 9.15. The summed E-state index contributed by atoms with van der Waals surface area (Å²) in [6.07, 6.45) is 0. The number of anilines is 1. The van der Waals surface area contributed by atoms with Crippen LogP contribution in [-0.4, -0.2) is 25.3 Å². The molecular formula is C19H15ClFNO2S2. The number of fused-ring (bicyclic) bond motifs is 2. The summed E-state index contributed by atoms with van der Waals surface area (Å²) in [5, 5.41) is 1.06. The predicted molar refractivity (Wildman–Crippen MR) is 106 cm³/mol. The zero-order valence-electron chi connectivity index (χ0n) is 13.9. The first-order chi connectivity index (χ1) is 12.6. The Labute approximate surface area is 163 Å². The number of hydrogen-bond donors (Lipinski definition) is 0. The molecular weight excluding hydrogens is 393 g/mol. The summed E-state index contributed by atoms with van der Waals surface area (Å²) in [6.45, 7) is 0.771. The van der Waals surface area contributed by atoms with Gasteiger partial charge in [0, 0.05) is 45.0 Å². The molecule has 0 atom stereocenters. The summed E-state index contributed by atoms with van der Waals surface area (Å²) in [6, 6.07) is 10.5. The van der Waals surface area contributed by atoms with Gasteiger partial charge < -0.3 is 9.64 Å². The van der Waals surface area contributed by atoms with Gasteiger partial charge in [0.15, 0.2) is 0 Å². The summed E-state index contributed by atoms with van der Waals surface area (Å²) in [4.78, 5) is 16.6. The molecule has 0 fully saturated rings. The molecule has 134 valence electrons. The Kier molecular flexibility index (Phi) is 4.92. The van der Waals surface area contributed by atoms with E-state index in [0.29, 0.717) is 27.4 Å². The Balaban J connectivity index is 1.84. The van der Waals surface area contributed by atoms with Crippen molar-refractivity contribution in [2.45, 2.75) is 11.5 Å². The predicted octanol–water partition coefficient (Wildman–Crippen LogP) is 5.59. The smallest absolute Gasteiger partial charge is 0.268 e. The molecule has 7 heteroatoms. The molecule has 2 heterocycles. The number of thiophene rings is 1. The lowest BCUT2D eigenvalue weighted by atomic mass is 10.1. The van der Waals surface area contributed by atoms with Crippen molar-refractivity contribution in [3.05, 3.63) is 57.7 Å². The lowest BCUT2D eigenvalue weighted by molar-refractivity contribution is 0.0987. The van der Waals surface area contributed by atoms with E-state index in [-0.39, 0.29) is 18.3 Å². The fourth-order valence-electron chi connectivity index (χ4n) is 3.15. The Morgan fingerprint density at radius 3 is 3.00 bits per heavy atom. The third-order valence-electron chi connectivity index (χ3n) is 4.28. The zero-order valence-corrected chi connectivity index (χ0v) is 16.3. The van der Waals surface area contributed by atoms with Gasteiger partial charge in [0.05, 0.1) is 17.2 Å². The van der Waals surface area contributed by atoms with E-state index in [1.165, 1.54) is 17.4 Å². The van der Waals surface area contributed by atoms with E-state index >= 15 is 0 Å². The number of amides is 1. The lowest BCUT2D eigenvalue weighted by Gasteiger charge is -2.29.